The third-order valence-electron chi connectivity index (χ3n) is 3.33. The van der Waals surface area contributed by atoms with Crippen LogP contribution in [0.4, 0.5) is 0 Å². The van der Waals surface area contributed by atoms with Crippen molar-refractivity contribution in [2.24, 2.45) is 0 Å². The summed E-state index contributed by atoms with van der Waals surface area (Å²) in [7, 11) is 1.54. The molecule has 0 aliphatic rings. The van der Waals surface area contributed by atoms with Crippen molar-refractivity contribution in [2.45, 2.75) is 25.9 Å². The molecule has 0 saturated carbocycles. The van der Waals surface area contributed by atoms with Crippen molar-refractivity contribution in [3.05, 3.63) is 58.6 Å². The van der Waals surface area contributed by atoms with Crippen LogP contribution in [0, 0.1) is 0 Å². The van der Waals surface area contributed by atoms with E-state index in [1.54, 1.807) is 19.2 Å². The Morgan fingerprint density at radius 3 is 2.67 bits per heavy atom. The summed E-state index contributed by atoms with van der Waals surface area (Å²) in [5, 5.41) is 14.0. The monoisotopic (exact) mass is 305 g/mol. The van der Waals surface area contributed by atoms with Crippen LogP contribution in [-0.4, -0.2) is 18.3 Å². The van der Waals surface area contributed by atoms with Gasteiger partial charge in [-0.2, -0.15) is 0 Å². The number of aromatic hydroxyl groups is 1. The average Bonchev–Trinajstić information content (AvgIpc) is 2.45. The van der Waals surface area contributed by atoms with Gasteiger partial charge >= 0.3 is 0 Å². The average molecular weight is 306 g/mol. The van der Waals surface area contributed by atoms with Crippen molar-refractivity contribution in [1.29, 1.82) is 0 Å². The number of phenols is 1. The van der Waals surface area contributed by atoms with Crippen molar-refractivity contribution in [1.82, 2.24) is 5.32 Å². The Balaban J connectivity index is 1.89. The van der Waals surface area contributed by atoms with Gasteiger partial charge in [-0.3, -0.25) is 0 Å². The normalized spacial score (nSPS) is 12.1. The molecule has 0 aromatic heterocycles. The molecule has 2 N–H and O–H groups in total. The Hall–Kier alpha value is -1.71. The topological polar surface area (TPSA) is 41.5 Å². The Bertz CT molecular complexity index is 601. The minimum absolute atomic E-state index is 0.166. The first-order valence-electron chi connectivity index (χ1n) is 6.92. The number of halogens is 1. The first-order valence-corrected chi connectivity index (χ1v) is 7.30. The second-order valence-corrected chi connectivity index (χ2v) is 5.56. The molecule has 0 heterocycles. The van der Waals surface area contributed by atoms with Crippen LogP contribution in [0.3, 0.4) is 0 Å². The minimum Gasteiger partial charge on any atom is -0.504 e. The maximum atomic E-state index is 9.75. The SMILES string of the molecule is COc1ccc(CNC(C)Cc2cccc(Cl)c2)cc1O. The molecule has 2 aromatic carbocycles. The van der Waals surface area contributed by atoms with Gasteiger partial charge in [-0.05, 0) is 48.7 Å². The highest BCUT2D eigenvalue weighted by Crippen LogP contribution is 2.26. The second kappa shape index (κ2) is 7.34. The number of ether oxygens (including phenoxy) is 1. The van der Waals surface area contributed by atoms with Gasteiger partial charge in [0.2, 0.25) is 0 Å². The van der Waals surface area contributed by atoms with E-state index in [0.29, 0.717) is 18.3 Å². The highest BCUT2D eigenvalue weighted by molar-refractivity contribution is 6.30. The van der Waals surface area contributed by atoms with Gasteiger partial charge in [-0.15, -0.1) is 0 Å². The van der Waals surface area contributed by atoms with Crippen molar-refractivity contribution >= 4 is 11.6 Å². The van der Waals surface area contributed by atoms with Crippen LogP contribution >= 0.6 is 11.6 Å². The molecule has 1 atom stereocenters. The standard InChI is InChI=1S/C17H20ClNO2/c1-12(8-13-4-3-5-15(18)9-13)19-11-14-6-7-17(21-2)16(20)10-14/h3-7,9-10,12,19-20H,8,11H2,1-2H3. The number of rotatable bonds is 6. The second-order valence-electron chi connectivity index (χ2n) is 5.12. The molecule has 0 aliphatic heterocycles. The largest absolute Gasteiger partial charge is 0.504 e. The van der Waals surface area contributed by atoms with E-state index in [4.69, 9.17) is 16.3 Å². The number of nitrogens with one attached hydrogen (secondary N) is 1. The van der Waals surface area contributed by atoms with Gasteiger partial charge in [0.1, 0.15) is 0 Å². The summed E-state index contributed by atoms with van der Waals surface area (Å²) in [6.07, 6.45) is 0.905. The summed E-state index contributed by atoms with van der Waals surface area (Å²) in [6, 6.07) is 13.6. The predicted molar refractivity (Wildman–Crippen MR) is 86.1 cm³/mol. The molecule has 2 aromatic rings. The van der Waals surface area contributed by atoms with Crippen molar-refractivity contribution < 1.29 is 9.84 Å². The summed E-state index contributed by atoms with van der Waals surface area (Å²) in [5.41, 5.74) is 2.23. The fourth-order valence-corrected chi connectivity index (χ4v) is 2.44. The summed E-state index contributed by atoms with van der Waals surface area (Å²) in [5.74, 6) is 0.657. The van der Waals surface area contributed by atoms with Crippen molar-refractivity contribution in [2.75, 3.05) is 7.11 Å². The van der Waals surface area contributed by atoms with Gasteiger partial charge in [0.15, 0.2) is 11.5 Å². The lowest BCUT2D eigenvalue weighted by Crippen LogP contribution is -2.27. The molecule has 3 nitrogen and oxygen atoms in total. The Kier molecular flexibility index (Phi) is 5.48. The number of benzene rings is 2. The molecular formula is C17H20ClNO2. The lowest BCUT2D eigenvalue weighted by Gasteiger charge is -2.14. The summed E-state index contributed by atoms with van der Waals surface area (Å²) < 4.78 is 5.03. The molecule has 0 bridgehead atoms. The zero-order chi connectivity index (χ0) is 15.2. The van der Waals surface area contributed by atoms with Gasteiger partial charge in [0.05, 0.1) is 7.11 Å². The molecule has 0 aliphatic carbocycles. The summed E-state index contributed by atoms with van der Waals surface area (Å²) in [6.45, 7) is 2.82. The van der Waals surface area contributed by atoms with Crippen LogP contribution in [-0.2, 0) is 13.0 Å². The van der Waals surface area contributed by atoms with Gasteiger partial charge in [-0.25, -0.2) is 0 Å². The van der Waals surface area contributed by atoms with E-state index in [2.05, 4.69) is 18.3 Å². The van der Waals surface area contributed by atoms with Crippen LogP contribution in [0.15, 0.2) is 42.5 Å². The molecular weight excluding hydrogens is 286 g/mol. The minimum atomic E-state index is 0.166. The number of hydrogen-bond acceptors (Lipinski definition) is 3. The van der Waals surface area contributed by atoms with Crippen LogP contribution in [0.25, 0.3) is 0 Å². The fraction of sp³-hybridized carbons (Fsp3) is 0.294. The fourth-order valence-electron chi connectivity index (χ4n) is 2.23. The van der Waals surface area contributed by atoms with Gasteiger partial charge in [0.25, 0.3) is 0 Å². The number of hydrogen-bond donors (Lipinski definition) is 2. The maximum absolute atomic E-state index is 9.75. The number of methoxy groups -OCH3 is 1. The maximum Gasteiger partial charge on any atom is 0.160 e. The molecule has 0 saturated heterocycles. The van der Waals surface area contributed by atoms with Gasteiger partial charge in [-0.1, -0.05) is 29.8 Å². The molecule has 4 heteroatoms. The Labute approximate surface area is 130 Å². The van der Waals surface area contributed by atoms with Gasteiger partial charge < -0.3 is 15.2 Å². The molecule has 0 spiro atoms. The van der Waals surface area contributed by atoms with E-state index in [1.807, 2.05) is 24.3 Å². The molecule has 2 rings (SSSR count). The quantitative estimate of drug-likeness (QED) is 0.853. The summed E-state index contributed by atoms with van der Waals surface area (Å²) in [4.78, 5) is 0. The van der Waals surface area contributed by atoms with Crippen LogP contribution < -0.4 is 10.1 Å². The van der Waals surface area contributed by atoms with Crippen molar-refractivity contribution in [3.8, 4) is 11.5 Å². The lowest BCUT2D eigenvalue weighted by molar-refractivity contribution is 0.373. The zero-order valence-electron chi connectivity index (χ0n) is 12.3. The molecule has 1 unspecified atom stereocenters. The predicted octanol–water partition coefficient (Wildman–Crippen LogP) is 3.78. The van der Waals surface area contributed by atoms with E-state index in [-0.39, 0.29) is 5.75 Å². The highest BCUT2D eigenvalue weighted by Gasteiger charge is 2.06. The van der Waals surface area contributed by atoms with E-state index >= 15 is 0 Å². The first kappa shape index (κ1) is 15.7. The number of phenolic OH excluding ortho intramolecular Hbond substituents is 1. The van der Waals surface area contributed by atoms with Crippen molar-refractivity contribution in [3.63, 3.8) is 0 Å². The highest BCUT2D eigenvalue weighted by atomic mass is 35.5. The molecule has 112 valence electrons. The smallest absolute Gasteiger partial charge is 0.160 e. The first-order chi connectivity index (χ1) is 10.1. The van der Waals surface area contributed by atoms with Gasteiger partial charge in [0, 0.05) is 17.6 Å². The van der Waals surface area contributed by atoms with E-state index in [1.165, 1.54) is 5.56 Å². The zero-order valence-corrected chi connectivity index (χ0v) is 13.0. The van der Waals surface area contributed by atoms with Crippen LogP contribution in [0.5, 0.6) is 11.5 Å². The summed E-state index contributed by atoms with van der Waals surface area (Å²) >= 11 is 5.99. The van der Waals surface area contributed by atoms with E-state index in [9.17, 15) is 5.11 Å². The molecule has 21 heavy (non-hydrogen) atoms. The van der Waals surface area contributed by atoms with Crippen LogP contribution in [0.2, 0.25) is 5.02 Å². The third kappa shape index (κ3) is 4.66. The van der Waals surface area contributed by atoms with E-state index < -0.39 is 0 Å². The Morgan fingerprint density at radius 1 is 1.19 bits per heavy atom. The molecule has 0 fully saturated rings. The third-order valence-corrected chi connectivity index (χ3v) is 3.56. The lowest BCUT2D eigenvalue weighted by atomic mass is 10.1. The van der Waals surface area contributed by atoms with Crippen LogP contribution in [0.1, 0.15) is 18.1 Å². The van der Waals surface area contributed by atoms with E-state index in [0.717, 1.165) is 17.0 Å². The molecule has 0 radical (unpaired) electrons. The molecule has 0 amide bonds. The Morgan fingerprint density at radius 2 is 2.00 bits per heavy atom.